The number of halogens is 1. The third-order valence-corrected chi connectivity index (χ3v) is 15.5. The normalized spacial score (nSPS) is 21.6. The Morgan fingerprint density at radius 2 is 1.69 bits per heavy atom. The number of β-amino-alcohol motifs (C(OH)–C–C–N with tert-alkyl or cyclic N) is 1. The number of hydrogen-bond acceptors (Lipinski definition) is 13. The molecule has 1 saturated carbocycles. The zero-order valence-corrected chi connectivity index (χ0v) is 43.8. The molecule has 7 rings (SSSR count). The number of carbonyl (C=O) groups is 4. The molecule has 0 unspecified atom stereocenters. The van der Waals surface area contributed by atoms with Gasteiger partial charge in [-0.15, -0.1) is 11.3 Å². The minimum Gasteiger partial charge on any atom is -0.489 e. The number of likely N-dealkylation sites (tertiary alicyclic amines) is 1. The largest absolute Gasteiger partial charge is 0.489 e. The number of amides is 4. The van der Waals surface area contributed by atoms with Gasteiger partial charge in [-0.1, -0.05) is 91.3 Å². The van der Waals surface area contributed by atoms with Crippen molar-refractivity contribution in [1.82, 2.24) is 35.7 Å². The highest BCUT2D eigenvalue weighted by atomic mass is 35.5. The smallest absolute Gasteiger partial charge is 0.253 e. The quantitative estimate of drug-likeness (QED) is 0.0833. The molecule has 2 aliphatic heterocycles. The third kappa shape index (κ3) is 12.0. The van der Waals surface area contributed by atoms with Gasteiger partial charge >= 0.3 is 0 Å². The molecule has 16 nitrogen and oxygen atoms in total. The van der Waals surface area contributed by atoms with Gasteiger partial charge in [-0.3, -0.25) is 24.1 Å². The van der Waals surface area contributed by atoms with Crippen molar-refractivity contribution in [2.24, 2.45) is 16.2 Å². The van der Waals surface area contributed by atoms with Crippen LogP contribution in [0.4, 0.5) is 5.82 Å². The second-order valence-corrected chi connectivity index (χ2v) is 22.5. The summed E-state index contributed by atoms with van der Waals surface area (Å²) in [5.41, 5.74) is 4.11. The maximum atomic E-state index is 14.2. The Bertz CT molecular complexity index is 2570. The molecule has 71 heavy (non-hydrogen) atoms. The molecule has 3 fully saturated rings. The Balaban J connectivity index is 0.838. The molecule has 3 aliphatic rings. The van der Waals surface area contributed by atoms with Crippen molar-refractivity contribution in [3.05, 3.63) is 93.7 Å². The van der Waals surface area contributed by atoms with Gasteiger partial charge in [-0.05, 0) is 54.2 Å². The maximum Gasteiger partial charge on any atom is 0.253 e. The molecular formula is C53H68ClN9O7S. The van der Waals surface area contributed by atoms with Crippen LogP contribution in [-0.2, 0) is 19.1 Å². The number of nitrogens with one attached hydrogen (secondary N) is 3. The van der Waals surface area contributed by atoms with E-state index < -0.39 is 46.2 Å². The van der Waals surface area contributed by atoms with Crippen LogP contribution in [0.1, 0.15) is 101 Å². The lowest BCUT2D eigenvalue weighted by Gasteiger charge is -2.63. The number of piperazine rings is 1. The molecule has 4 aromatic rings. The van der Waals surface area contributed by atoms with Crippen molar-refractivity contribution in [2.45, 2.75) is 112 Å². The number of nitrogens with zero attached hydrogens (tertiary/aromatic N) is 6. The van der Waals surface area contributed by atoms with Crippen LogP contribution >= 0.6 is 22.9 Å². The van der Waals surface area contributed by atoms with Gasteiger partial charge in [0.2, 0.25) is 17.7 Å². The lowest BCUT2D eigenvalue weighted by atomic mass is 9.49. The Hall–Kier alpha value is -5.64. The number of ether oxygens (including phenoxy) is 2. The molecule has 2 aromatic heterocycles. The van der Waals surface area contributed by atoms with Gasteiger partial charge in [-0.25, -0.2) is 9.97 Å². The first-order chi connectivity index (χ1) is 33.6. The summed E-state index contributed by atoms with van der Waals surface area (Å²) >= 11 is 7.84. The molecule has 4 N–H and O–H groups in total. The fourth-order valence-electron chi connectivity index (χ4n) is 10.5. The molecular weight excluding hydrogens is 942 g/mol. The average Bonchev–Trinajstić information content (AvgIpc) is 3.96. The number of aliphatic hydroxyl groups is 1. The summed E-state index contributed by atoms with van der Waals surface area (Å²) in [5, 5.41) is 29.5. The number of benzene rings is 2. The van der Waals surface area contributed by atoms with Crippen molar-refractivity contribution < 1.29 is 33.8 Å². The molecule has 2 saturated heterocycles. The zero-order chi connectivity index (χ0) is 51.4. The van der Waals surface area contributed by atoms with Gasteiger partial charge in [0.1, 0.15) is 42.4 Å². The van der Waals surface area contributed by atoms with Crippen LogP contribution in [0.3, 0.4) is 0 Å². The highest BCUT2D eigenvalue weighted by molar-refractivity contribution is 7.13. The van der Waals surface area contributed by atoms with E-state index in [-0.39, 0.29) is 49.6 Å². The molecule has 0 spiro atoms. The maximum absolute atomic E-state index is 14.2. The number of hydrogen-bond donors (Lipinski definition) is 4. The van der Waals surface area contributed by atoms with E-state index in [0.29, 0.717) is 41.5 Å². The molecule has 0 radical (unpaired) electrons. The monoisotopic (exact) mass is 1010 g/mol. The van der Waals surface area contributed by atoms with Gasteiger partial charge in [0.15, 0.2) is 0 Å². The van der Waals surface area contributed by atoms with Crippen molar-refractivity contribution in [1.29, 1.82) is 5.26 Å². The van der Waals surface area contributed by atoms with Gasteiger partial charge < -0.3 is 40.3 Å². The van der Waals surface area contributed by atoms with Gasteiger partial charge in [-0.2, -0.15) is 5.26 Å². The molecule has 4 heterocycles. The van der Waals surface area contributed by atoms with Crippen molar-refractivity contribution in [3.8, 4) is 22.3 Å². The second kappa shape index (κ2) is 22.0. The van der Waals surface area contributed by atoms with E-state index in [0.717, 1.165) is 53.7 Å². The first kappa shape index (κ1) is 53.2. The van der Waals surface area contributed by atoms with Crippen LogP contribution < -0.4 is 25.6 Å². The highest BCUT2D eigenvalue weighted by Gasteiger charge is 2.64. The molecule has 2 aromatic carbocycles. The average molecular weight is 1010 g/mol. The van der Waals surface area contributed by atoms with E-state index in [9.17, 15) is 29.5 Å². The number of aryl methyl sites for hydroxylation is 1. The van der Waals surface area contributed by atoms with Gasteiger partial charge in [0.25, 0.3) is 5.91 Å². The van der Waals surface area contributed by atoms with Gasteiger partial charge in [0, 0.05) is 74.8 Å². The lowest BCUT2D eigenvalue weighted by Crippen LogP contribution is -2.74. The van der Waals surface area contributed by atoms with E-state index in [4.69, 9.17) is 21.1 Å². The number of thiazole rings is 1. The first-order valence-corrected chi connectivity index (χ1v) is 25.6. The SMILES string of the molecule is CC[C@H](NC(=O)[C@@H]1C[C@@H](O)CN1C(=O)[C@@H](NC(=O)COCCN1CCN(c2ccc(C(=O)NC3C(C)(C)C(Oc4ccc(C#N)c(Cl)c4)C3(C)C)cn2)CC1)C(C)(C)C)c1ccc(-c2scnc2C)cc1. The fourth-order valence-corrected chi connectivity index (χ4v) is 11.6. The summed E-state index contributed by atoms with van der Waals surface area (Å²) < 4.78 is 12.2. The standard InChI is InChI=1S/C53H68ClN9O7S/c1-10-40(33-11-13-34(14-12-33)44-32(2)57-31-71-44)58-47(67)41-25-37(64)29-63(41)48(68)45(51(3,4)5)59-43(65)30-69-24-23-61-19-21-62(22-20-61)42-18-16-36(28-56-42)46(66)60-49-52(6,7)50(53(49,8)9)70-38-17-15-35(27-55)39(54)26-38/h11-18,26,28,31,37,40-41,45,49-50,64H,10,19-25,29-30H2,1-9H3,(H,58,67)(H,59,65)(H,60,66)/t37-,40+,41+,45-,49?,50?/m1/s1. The lowest BCUT2D eigenvalue weighted by molar-refractivity contribution is -0.164. The Labute approximate surface area is 426 Å². The summed E-state index contributed by atoms with van der Waals surface area (Å²) in [5.74, 6) is -0.0892. The minimum atomic E-state index is -0.966. The molecule has 0 bridgehead atoms. The van der Waals surface area contributed by atoms with E-state index >= 15 is 0 Å². The fraction of sp³-hybridized carbons (Fsp3) is 0.528. The predicted molar refractivity (Wildman–Crippen MR) is 274 cm³/mol. The number of pyridine rings is 1. The van der Waals surface area contributed by atoms with E-state index in [1.807, 2.05) is 70.5 Å². The molecule has 1 aliphatic carbocycles. The van der Waals surface area contributed by atoms with Gasteiger partial charge in [0.05, 0.1) is 51.0 Å². The van der Waals surface area contributed by atoms with Crippen molar-refractivity contribution >= 4 is 52.4 Å². The zero-order valence-electron chi connectivity index (χ0n) is 42.3. The summed E-state index contributed by atoms with van der Waals surface area (Å²) in [7, 11) is 0. The van der Waals surface area contributed by atoms with Crippen LogP contribution in [0.5, 0.6) is 5.75 Å². The van der Waals surface area contributed by atoms with E-state index in [1.54, 1.807) is 41.8 Å². The Morgan fingerprint density at radius 1 is 0.986 bits per heavy atom. The number of aromatic nitrogens is 2. The summed E-state index contributed by atoms with van der Waals surface area (Å²) in [6, 6.07) is 16.5. The van der Waals surface area contributed by atoms with Crippen molar-refractivity contribution in [2.75, 3.05) is 57.4 Å². The third-order valence-electron chi connectivity index (χ3n) is 14.2. The molecule has 380 valence electrons. The number of anilines is 1. The summed E-state index contributed by atoms with van der Waals surface area (Å²) in [4.78, 5) is 70.8. The van der Waals surface area contributed by atoms with Crippen LogP contribution in [0.2, 0.25) is 5.02 Å². The minimum absolute atomic E-state index is 0.0166. The van der Waals surface area contributed by atoms with Crippen molar-refractivity contribution in [3.63, 3.8) is 0 Å². The molecule has 4 atom stereocenters. The Morgan fingerprint density at radius 3 is 2.28 bits per heavy atom. The second-order valence-electron chi connectivity index (χ2n) is 21.2. The molecule has 4 amide bonds. The summed E-state index contributed by atoms with van der Waals surface area (Å²) in [6.07, 6.45) is 1.23. The topological polar surface area (TPSA) is 202 Å². The van der Waals surface area contributed by atoms with Crippen LogP contribution in [0.15, 0.2) is 66.3 Å². The number of carbonyl (C=O) groups excluding carboxylic acids is 4. The number of rotatable bonds is 17. The molecule has 18 heteroatoms. The summed E-state index contributed by atoms with van der Waals surface area (Å²) in [6.45, 7) is 21.4. The number of nitriles is 1. The van der Waals surface area contributed by atoms with E-state index in [2.05, 4.69) is 69.5 Å². The predicted octanol–water partition coefficient (Wildman–Crippen LogP) is 6.55. The Kier molecular flexibility index (Phi) is 16.5. The van der Waals surface area contributed by atoms with Crippen LogP contribution in [-0.4, -0.2) is 131 Å². The first-order valence-electron chi connectivity index (χ1n) is 24.4. The van der Waals surface area contributed by atoms with E-state index in [1.165, 1.54) is 4.90 Å². The highest BCUT2D eigenvalue weighted by Crippen LogP contribution is 2.55. The number of aliphatic hydroxyl groups excluding tert-OH is 1. The van der Waals surface area contributed by atoms with Crippen LogP contribution in [0, 0.1) is 34.5 Å². The van der Waals surface area contributed by atoms with Crippen LogP contribution in [0.25, 0.3) is 10.4 Å².